The minimum Gasteiger partial charge on any atom is -0.454 e. The molecule has 0 saturated heterocycles. The number of aliphatic hydroxyl groups is 1. The van der Waals surface area contributed by atoms with Crippen LogP contribution < -0.4 is 9.47 Å². The van der Waals surface area contributed by atoms with E-state index in [9.17, 15) is 5.11 Å². The number of aromatic nitrogens is 2. The summed E-state index contributed by atoms with van der Waals surface area (Å²) in [5.41, 5.74) is 0.820. The number of aryl methyl sites for hydroxylation is 1. The van der Waals surface area contributed by atoms with Crippen molar-refractivity contribution in [1.29, 1.82) is 0 Å². The van der Waals surface area contributed by atoms with E-state index in [1.807, 2.05) is 24.4 Å². The van der Waals surface area contributed by atoms with Crippen LogP contribution in [0.2, 0.25) is 0 Å². The van der Waals surface area contributed by atoms with E-state index >= 15 is 0 Å². The first-order chi connectivity index (χ1) is 9.78. The molecule has 5 nitrogen and oxygen atoms in total. The molecule has 0 fully saturated rings. The maximum Gasteiger partial charge on any atom is 0.231 e. The molecule has 106 valence electrons. The molecule has 0 radical (unpaired) electrons. The number of ether oxygens (including phenoxy) is 2. The van der Waals surface area contributed by atoms with Gasteiger partial charge in [0.2, 0.25) is 6.79 Å². The van der Waals surface area contributed by atoms with Crippen LogP contribution in [0.3, 0.4) is 0 Å². The summed E-state index contributed by atoms with van der Waals surface area (Å²) in [5.74, 6) is 2.32. The van der Waals surface area contributed by atoms with Crippen LogP contribution >= 0.6 is 0 Å². The Morgan fingerprint density at radius 3 is 3.05 bits per heavy atom. The number of hydrogen-bond acceptors (Lipinski definition) is 4. The Balaban J connectivity index is 1.75. The zero-order chi connectivity index (χ0) is 13.9. The highest BCUT2D eigenvalue weighted by Gasteiger charge is 2.18. The quantitative estimate of drug-likeness (QED) is 0.909. The first-order valence-corrected chi connectivity index (χ1v) is 6.85. The second-order valence-electron chi connectivity index (χ2n) is 4.87. The average Bonchev–Trinajstić information content (AvgIpc) is 3.07. The average molecular weight is 274 g/mol. The van der Waals surface area contributed by atoms with Gasteiger partial charge in [0.05, 0.1) is 6.10 Å². The molecule has 1 atom stereocenters. The van der Waals surface area contributed by atoms with Crippen molar-refractivity contribution in [2.75, 3.05) is 6.79 Å². The summed E-state index contributed by atoms with van der Waals surface area (Å²) in [5, 5.41) is 10.4. The maximum atomic E-state index is 10.4. The van der Waals surface area contributed by atoms with E-state index in [4.69, 9.17) is 9.47 Å². The van der Waals surface area contributed by atoms with E-state index in [-0.39, 0.29) is 6.79 Å². The van der Waals surface area contributed by atoms with Gasteiger partial charge in [0.1, 0.15) is 5.82 Å². The summed E-state index contributed by atoms with van der Waals surface area (Å²) >= 11 is 0. The summed E-state index contributed by atoms with van der Waals surface area (Å²) in [7, 11) is 0. The smallest absolute Gasteiger partial charge is 0.231 e. The number of benzene rings is 1. The number of rotatable bonds is 5. The van der Waals surface area contributed by atoms with Crippen molar-refractivity contribution in [3.05, 3.63) is 42.0 Å². The molecule has 0 saturated carbocycles. The molecule has 1 aliphatic heterocycles. The molecule has 2 heterocycles. The molecule has 3 rings (SSSR count). The van der Waals surface area contributed by atoms with Crippen LogP contribution in [0.25, 0.3) is 0 Å². The molecule has 1 unspecified atom stereocenters. The van der Waals surface area contributed by atoms with Crippen LogP contribution in [0.4, 0.5) is 0 Å². The SMILES string of the molecule is CCCn1ccnc1CC(O)c1ccc2c(c1)OCO2. The van der Waals surface area contributed by atoms with Crippen LogP contribution in [0.15, 0.2) is 30.6 Å². The number of hydrogen-bond donors (Lipinski definition) is 1. The summed E-state index contributed by atoms with van der Waals surface area (Å²) in [6.07, 6.45) is 4.67. The number of nitrogens with zero attached hydrogens (tertiary/aromatic N) is 2. The molecular weight excluding hydrogens is 256 g/mol. The van der Waals surface area contributed by atoms with Crippen molar-refractivity contribution in [2.24, 2.45) is 0 Å². The number of imidazole rings is 1. The van der Waals surface area contributed by atoms with Crippen LogP contribution in [0, 0.1) is 0 Å². The van der Waals surface area contributed by atoms with Gasteiger partial charge in [-0.05, 0) is 24.1 Å². The third-order valence-corrected chi connectivity index (χ3v) is 3.42. The third kappa shape index (κ3) is 2.49. The van der Waals surface area contributed by atoms with Gasteiger partial charge in [-0.3, -0.25) is 0 Å². The fourth-order valence-electron chi connectivity index (χ4n) is 2.39. The van der Waals surface area contributed by atoms with Crippen LogP contribution in [-0.4, -0.2) is 21.5 Å². The molecule has 1 aliphatic rings. The van der Waals surface area contributed by atoms with Gasteiger partial charge < -0.3 is 19.1 Å². The highest BCUT2D eigenvalue weighted by molar-refractivity contribution is 5.45. The van der Waals surface area contributed by atoms with E-state index in [1.165, 1.54) is 0 Å². The fraction of sp³-hybridized carbons (Fsp3) is 0.400. The van der Waals surface area contributed by atoms with Gasteiger partial charge in [0.15, 0.2) is 11.5 Å². The van der Waals surface area contributed by atoms with Crippen LogP contribution in [0.5, 0.6) is 11.5 Å². The number of aliphatic hydroxyl groups excluding tert-OH is 1. The molecular formula is C15H18N2O3. The Bertz CT molecular complexity index is 595. The highest BCUT2D eigenvalue weighted by Crippen LogP contribution is 2.34. The Morgan fingerprint density at radius 1 is 1.35 bits per heavy atom. The topological polar surface area (TPSA) is 56.5 Å². The van der Waals surface area contributed by atoms with Crippen molar-refractivity contribution in [3.8, 4) is 11.5 Å². The first kappa shape index (κ1) is 13.0. The van der Waals surface area contributed by atoms with E-state index in [2.05, 4.69) is 16.5 Å². The maximum absolute atomic E-state index is 10.4. The van der Waals surface area contributed by atoms with E-state index in [1.54, 1.807) is 6.20 Å². The van der Waals surface area contributed by atoms with Gasteiger partial charge in [-0.1, -0.05) is 13.0 Å². The van der Waals surface area contributed by atoms with Gasteiger partial charge in [0.25, 0.3) is 0 Å². The molecule has 5 heteroatoms. The van der Waals surface area contributed by atoms with Crippen molar-refractivity contribution < 1.29 is 14.6 Å². The normalized spacial score (nSPS) is 14.5. The standard InChI is InChI=1S/C15H18N2O3/c1-2-6-17-7-5-16-15(17)9-12(18)11-3-4-13-14(8-11)20-10-19-13/h3-5,7-8,12,18H,2,6,9-10H2,1H3. The van der Waals surface area contributed by atoms with Crippen LogP contribution in [0.1, 0.15) is 30.8 Å². The third-order valence-electron chi connectivity index (χ3n) is 3.42. The Kier molecular flexibility index (Phi) is 3.60. The summed E-state index contributed by atoms with van der Waals surface area (Å²) < 4.78 is 12.7. The molecule has 1 aromatic heterocycles. The Hall–Kier alpha value is -2.01. The molecule has 20 heavy (non-hydrogen) atoms. The van der Waals surface area contributed by atoms with Gasteiger partial charge in [0, 0.05) is 25.4 Å². The van der Waals surface area contributed by atoms with Gasteiger partial charge in [-0.2, -0.15) is 0 Å². The summed E-state index contributed by atoms with van der Waals surface area (Å²) in [6, 6.07) is 5.53. The lowest BCUT2D eigenvalue weighted by Crippen LogP contribution is -2.09. The molecule has 0 spiro atoms. The molecule has 1 aromatic carbocycles. The predicted molar refractivity (Wildman–Crippen MR) is 73.7 cm³/mol. The lowest BCUT2D eigenvalue weighted by atomic mass is 10.1. The Morgan fingerprint density at radius 2 is 2.20 bits per heavy atom. The van der Waals surface area contributed by atoms with Gasteiger partial charge in [-0.15, -0.1) is 0 Å². The van der Waals surface area contributed by atoms with Crippen LogP contribution in [-0.2, 0) is 13.0 Å². The minimum atomic E-state index is -0.595. The molecule has 0 bridgehead atoms. The number of fused-ring (bicyclic) bond motifs is 1. The van der Waals surface area contributed by atoms with Crippen molar-refractivity contribution in [2.45, 2.75) is 32.4 Å². The zero-order valence-electron chi connectivity index (χ0n) is 11.5. The van der Waals surface area contributed by atoms with Crippen molar-refractivity contribution in [3.63, 3.8) is 0 Å². The molecule has 0 amide bonds. The second kappa shape index (κ2) is 5.54. The molecule has 1 N–H and O–H groups in total. The van der Waals surface area contributed by atoms with E-state index in [0.717, 1.165) is 30.1 Å². The first-order valence-electron chi connectivity index (χ1n) is 6.85. The van der Waals surface area contributed by atoms with E-state index in [0.29, 0.717) is 12.2 Å². The zero-order valence-corrected chi connectivity index (χ0v) is 11.5. The van der Waals surface area contributed by atoms with E-state index < -0.39 is 6.10 Å². The minimum absolute atomic E-state index is 0.246. The second-order valence-corrected chi connectivity index (χ2v) is 4.87. The fourth-order valence-corrected chi connectivity index (χ4v) is 2.39. The largest absolute Gasteiger partial charge is 0.454 e. The monoisotopic (exact) mass is 274 g/mol. The Labute approximate surface area is 117 Å². The summed E-state index contributed by atoms with van der Waals surface area (Å²) in [6.45, 7) is 3.29. The predicted octanol–water partition coefficient (Wildman–Crippen LogP) is 2.30. The van der Waals surface area contributed by atoms with Crippen molar-refractivity contribution in [1.82, 2.24) is 9.55 Å². The van der Waals surface area contributed by atoms with Crippen molar-refractivity contribution >= 4 is 0 Å². The lowest BCUT2D eigenvalue weighted by molar-refractivity contribution is 0.170. The molecule has 0 aliphatic carbocycles. The highest BCUT2D eigenvalue weighted by atomic mass is 16.7. The lowest BCUT2D eigenvalue weighted by Gasteiger charge is -2.13. The van der Waals surface area contributed by atoms with Gasteiger partial charge in [-0.25, -0.2) is 4.98 Å². The van der Waals surface area contributed by atoms with Gasteiger partial charge >= 0.3 is 0 Å². The summed E-state index contributed by atoms with van der Waals surface area (Å²) in [4.78, 5) is 4.32. The molecule has 2 aromatic rings.